The van der Waals surface area contributed by atoms with Gasteiger partial charge in [-0.1, -0.05) is 12.1 Å². The minimum atomic E-state index is 0.180. The van der Waals surface area contributed by atoms with E-state index in [0.717, 1.165) is 0 Å². The third kappa shape index (κ3) is 2.08. The Morgan fingerprint density at radius 1 is 1.33 bits per heavy atom. The molecule has 1 aromatic carbocycles. The van der Waals surface area contributed by atoms with Crippen LogP contribution in [0.5, 0.6) is 5.88 Å². The number of halogens is 1. The second kappa shape index (κ2) is 5.38. The van der Waals surface area contributed by atoms with Crippen molar-refractivity contribution in [2.45, 2.75) is 5.88 Å². The van der Waals surface area contributed by atoms with Crippen molar-refractivity contribution in [1.29, 1.82) is 5.26 Å². The van der Waals surface area contributed by atoms with Gasteiger partial charge in [-0.15, -0.1) is 11.6 Å². The van der Waals surface area contributed by atoms with Crippen LogP contribution in [0.25, 0.3) is 16.9 Å². The van der Waals surface area contributed by atoms with Crippen LogP contribution in [0.1, 0.15) is 11.4 Å². The number of hydrogen-bond acceptors (Lipinski definition) is 5. The molecule has 0 bridgehead atoms. The average molecular weight is 300 g/mol. The predicted octanol–water partition coefficient (Wildman–Crippen LogP) is 2.43. The van der Waals surface area contributed by atoms with Crippen molar-refractivity contribution in [2.75, 3.05) is 7.11 Å². The molecule has 0 saturated carbocycles. The molecule has 0 radical (unpaired) electrons. The molecule has 0 amide bonds. The van der Waals surface area contributed by atoms with Crippen molar-refractivity contribution in [3.05, 3.63) is 42.0 Å². The van der Waals surface area contributed by atoms with Crippen LogP contribution in [0.15, 0.2) is 30.6 Å². The van der Waals surface area contributed by atoms with Crippen LogP contribution in [0.3, 0.4) is 0 Å². The van der Waals surface area contributed by atoms with Crippen molar-refractivity contribution in [3.63, 3.8) is 0 Å². The Labute approximate surface area is 125 Å². The molecule has 0 aliphatic rings. The molecular weight excluding hydrogens is 290 g/mol. The van der Waals surface area contributed by atoms with Crippen molar-refractivity contribution >= 4 is 22.8 Å². The fourth-order valence-electron chi connectivity index (χ4n) is 2.17. The molecule has 3 rings (SSSR count). The van der Waals surface area contributed by atoms with Gasteiger partial charge >= 0.3 is 0 Å². The van der Waals surface area contributed by atoms with E-state index in [9.17, 15) is 5.26 Å². The molecule has 0 spiro atoms. The fraction of sp³-hybridized carbons (Fsp3) is 0.143. The Balaban J connectivity index is 2.39. The van der Waals surface area contributed by atoms with Crippen LogP contribution in [-0.4, -0.2) is 26.6 Å². The third-order valence-corrected chi connectivity index (χ3v) is 3.30. The van der Waals surface area contributed by atoms with E-state index >= 15 is 0 Å². The van der Waals surface area contributed by atoms with Crippen molar-refractivity contribution in [1.82, 2.24) is 19.5 Å². The standard InChI is InChI=1S/C14H10ClN5O/c1-21-14-12-13(17-8-18-14)20(11(6-15)19-12)10-5-3-2-4-9(10)7-16/h2-5,8H,6H2,1H3. The highest BCUT2D eigenvalue weighted by Gasteiger charge is 2.18. The minimum absolute atomic E-state index is 0.180. The van der Waals surface area contributed by atoms with E-state index in [-0.39, 0.29) is 5.88 Å². The number of benzene rings is 1. The van der Waals surface area contributed by atoms with Crippen LogP contribution < -0.4 is 4.74 Å². The summed E-state index contributed by atoms with van der Waals surface area (Å²) in [5, 5.41) is 9.28. The maximum absolute atomic E-state index is 9.28. The zero-order valence-electron chi connectivity index (χ0n) is 11.1. The van der Waals surface area contributed by atoms with E-state index in [1.54, 1.807) is 16.7 Å². The molecule has 2 aromatic heterocycles. The SMILES string of the molecule is COc1ncnc2c1nc(CCl)n2-c1ccccc1C#N. The molecule has 0 saturated heterocycles. The Hall–Kier alpha value is -2.65. The smallest absolute Gasteiger partial charge is 0.245 e. The summed E-state index contributed by atoms with van der Waals surface area (Å²) in [5.41, 5.74) is 2.27. The topological polar surface area (TPSA) is 76.6 Å². The Bertz CT molecular complexity index is 852. The highest BCUT2D eigenvalue weighted by molar-refractivity contribution is 6.17. The lowest BCUT2D eigenvalue weighted by Gasteiger charge is -2.08. The molecule has 21 heavy (non-hydrogen) atoms. The van der Waals surface area contributed by atoms with E-state index in [1.165, 1.54) is 13.4 Å². The van der Waals surface area contributed by atoms with Gasteiger partial charge < -0.3 is 4.74 Å². The number of nitrogens with zero attached hydrogens (tertiary/aromatic N) is 5. The summed E-state index contributed by atoms with van der Waals surface area (Å²) in [7, 11) is 1.52. The number of para-hydroxylation sites is 1. The number of ether oxygens (including phenoxy) is 1. The number of nitriles is 1. The molecule has 7 heteroatoms. The molecule has 3 aromatic rings. The first-order valence-electron chi connectivity index (χ1n) is 6.12. The zero-order chi connectivity index (χ0) is 14.8. The first-order valence-corrected chi connectivity index (χ1v) is 6.65. The second-order valence-electron chi connectivity index (χ2n) is 4.18. The molecule has 0 unspecified atom stereocenters. The molecule has 2 heterocycles. The number of alkyl halides is 1. The van der Waals surface area contributed by atoms with Gasteiger partial charge in [0.1, 0.15) is 18.2 Å². The summed E-state index contributed by atoms with van der Waals surface area (Å²) in [6.45, 7) is 0. The molecule has 0 atom stereocenters. The van der Waals surface area contributed by atoms with Gasteiger partial charge in [-0.3, -0.25) is 4.57 Å². The molecule has 0 aliphatic carbocycles. The van der Waals surface area contributed by atoms with Gasteiger partial charge in [0, 0.05) is 0 Å². The van der Waals surface area contributed by atoms with Crippen LogP contribution >= 0.6 is 11.6 Å². The molecule has 0 fully saturated rings. The van der Waals surface area contributed by atoms with Crippen LogP contribution in [0.4, 0.5) is 0 Å². The lowest BCUT2D eigenvalue weighted by atomic mass is 10.2. The minimum Gasteiger partial charge on any atom is -0.479 e. The first-order chi connectivity index (χ1) is 10.3. The monoisotopic (exact) mass is 299 g/mol. The van der Waals surface area contributed by atoms with E-state index in [0.29, 0.717) is 34.1 Å². The lowest BCUT2D eigenvalue weighted by molar-refractivity contribution is 0.401. The Morgan fingerprint density at radius 2 is 2.14 bits per heavy atom. The molecule has 104 valence electrons. The fourth-order valence-corrected chi connectivity index (χ4v) is 2.35. The summed E-state index contributed by atoms with van der Waals surface area (Å²) in [5.74, 6) is 1.13. The average Bonchev–Trinajstić information content (AvgIpc) is 2.93. The van der Waals surface area contributed by atoms with Crippen molar-refractivity contribution in [3.8, 4) is 17.6 Å². The van der Waals surface area contributed by atoms with E-state index in [2.05, 4.69) is 21.0 Å². The largest absolute Gasteiger partial charge is 0.479 e. The first kappa shape index (κ1) is 13.3. The predicted molar refractivity (Wildman–Crippen MR) is 77.5 cm³/mol. The highest BCUT2D eigenvalue weighted by Crippen LogP contribution is 2.27. The summed E-state index contributed by atoms with van der Waals surface area (Å²) in [6.07, 6.45) is 1.40. The highest BCUT2D eigenvalue weighted by atomic mass is 35.5. The normalized spacial score (nSPS) is 10.5. The van der Waals surface area contributed by atoms with Crippen LogP contribution in [0, 0.1) is 11.3 Å². The van der Waals surface area contributed by atoms with Crippen molar-refractivity contribution in [2.24, 2.45) is 0 Å². The summed E-state index contributed by atoms with van der Waals surface area (Å²) in [4.78, 5) is 12.7. The Kier molecular flexibility index (Phi) is 3.42. The maximum Gasteiger partial charge on any atom is 0.245 e. The number of imidazole rings is 1. The van der Waals surface area contributed by atoms with E-state index in [4.69, 9.17) is 16.3 Å². The van der Waals surface area contributed by atoms with E-state index in [1.807, 2.05) is 12.1 Å². The summed E-state index contributed by atoms with van der Waals surface area (Å²) >= 11 is 5.99. The van der Waals surface area contributed by atoms with Gasteiger partial charge in [-0.2, -0.15) is 10.2 Å². The number of fused-ring (bicyclic) bond motifs is 1. The van der Waals surface area contributed by atoms with Gasteiger partial charge in [0.15, 0.2) is 11.2 Å². The molecule has 6 nitrogen and oxygen atoms in total. The van der Waals surface area contributed by atoms with Gasteiger partial charge in [0.2, 0.25) is 5.88 Å². The van der Waals surface area contributed by atoms with Crippen molar-refractivity contribution < 1.29 is 4.74 Å². The summed E-state index contributed by atoms with van der Waals surface area (Å²) < 4.78 is 6.95. The zero-order valence-corrected chi connectivity index (χ0v) is 11.9. The quantitative estimate of drug-likeness (QED) is 0.694. The summed E-state index contributed by atoms with van der Waals surface area (Å²) in [6, 6.07) is 9.37. The number of rotatable bonds is 3. The number of methoxy groups -OCH3 is 1. The third-order valence-electron chi connectivity index (χ3n) is 3.06. The van der Waals surface area contributed by atoms with E-state index < -0.39 is 0 Å². The number of aromatic nitrogens is 4. The van der Waals surface area contributed by atoms with Gasteiger partial charge in [-0.05, 0) is 12.1 Å². The maximum atomic E-state index is 9.28. The molecular formula is C14H10ClN5O. The van der Waals surface area contributed by atoms with Gasteiger partial charge in [-0.25, -0.2) is 9.97 Å². The number of hydrogen-bond donors (Lipinski definition) is 0. The molecule has 0 aliphatic heterocycles. The van der Waals surface area contributed by atoms with Crippen LogP contribution in [0.2, 0.25) is 0 Å². The second-order valence-corrected chi connectivity index (χ2v) is 4.45. The lowest BCUT2D eigenvalue weighted by Crippen LogP contribution is -2.02. The molecule has 0 N–H and O–H groups in total. The van der Waals surface area contributed by atoms with Gasteiger partial charge in [0.05, 0.1) is 24.2 Å². The van der Waals surface area contributed by atoms with Crippen LogP contribution in [-0.2, 0) is 5.88 Å². The Morgan fingerprint density at radius 3 is 2.86 bits per heavy atom. The van der Waals surface area contributed by atoms with Gasteiger partial charge in [0.25, 0.3) is 0 Å².